The van der Waals surface area contributed by atoms with Gasteiger partial charge in [-0.1, -0.05) is 36.8 Å². The number of likely N-dealkylation sites (tertiary alicyclic amines) is 1. The number of carbonyl (C=O) groups is 2. The van der Waals surface area contributed by atoms with Gasteiger partial charge in [0.25, 0.3) is 0 Å². The highest BCUT2D eigenvalue weighted by Crippen LogP contribution is 2.30. The minimum absolute atomic E-state index is 0.0980. The maximum Gasteiger partial charge on any atom is 0.425 e. The van der Waals surface area contributed by atoms with Gasteiger partial charge in [0.2, 0.25) is 11.9 Å². The smallest absolute Gasteiger partial charge is 0.425 e. The highest BCUT2D eigenvalue weighted by atomic mass is 19.1. The Balaban J connectivity index is 1.32. The molecule has 4 aromatic rings. The van der Waals surface area contributed by atoms with Crippen LogP contribution in [0.5, 0.6) is 11.5 Å². The van der Waals surface area contributed by atoms with E-state index in [2.05, 4.69) is 25.5 Å². The van der Waals surface area contributed by atoms with Crippen LogP contribution in [0.2, 0.25) is 0 Å². The summed E-state index contributed by atoms with van der Waals surface area (Å²) in [5.41, 5.74) is 3.36. The Kier molecular flexibility index (Phi) is 13.7. The molecule has 0 atom stereocenters. The summed E-state index contributed by atoms with van der Waals surface area (Å²) in [5.74, 6) is 0.411. The van der Waals surface area contributed by atoms with Gasteiger partial charge in [-0.3, -0.25) is 4.79 Å². The number of nitrogens with zero attached hydrogens (tertiary/aromatic N) is 4. The van der Waals surface area contributed by atoms with E-state index in [0.717, 1.165) is 42.7 Å². The summed E-state index contributed by atoms with van der Waals surface area (Å²) in [5, 5.41) is 5.87. The van der Waals surface area contributed by atoms with Crippen molar-refractivity contribution >= 4 is 35.1 Å². The van der Waals surface area contributed by atoms with Gasteiger partial charge in [-0.2, -0.15) is 4.98 Å². The van der Waals surface area contributed by atoms with Crippen molar-refractivity contribution in [1.29, 1.82) is 0 Å². The van der Waals surface area contributed by atoms with Crippen molar-refractivity contribution in [3.8, 4) is 11.5 Å². The van der Waals surface area contributed by atoms with Crippen LogP contribution in [0.3, 0.4) is 0 Å². The number of ether oxygens (including phenoxy) is 3. The number of hydrogen-bond acceptors (Lipinski definition) is 9. The number of piperidine rings is 1. The molecule has 2 N–H and O–H groups in total. The Morgan fingerprint density at radius 3 is 2.51 bits per heavy atom. The van der Waals surface area contributed by atoms with E-state index in [1.54, 1.807) is 31.4 Å². The average Bonchev–Trinajstić information content (AvgIpc) is 3.13. The van der Waals surface area contributed by atoms with Crippen LogP contribution in [0, 0.1) is 19.7 Å². The number of carbonyl (C=O) groups excluding carboxylic acids is 2. The van der Waals surface area contributed by atoms with Crippen LogP contribution in [0.25, 0.3) is 0 Å². The van der Waals surface area contributed by atoms with Crippen molar-refractivity contribution < 1.29 is 28.2 Å². The third kappa shape index (κ3) is 11.0. The van der Waals surface area contributed by atoms with E-state index in [1.165, 1.54) is 36.4 Å². The van der Waals surface area contributed by atoms with Crippen molar-refractivity contribution in [2.75, 3.05) is 56.7 Å². The molecule has 2 amide bonds. The zero-order valence-corrected chi connectivity index (χ0v) is 29.6. The second-order valence-electron chi connectivity index (χ2n) is 12.5. The van der Waals surface area contributed by atoms with Crippen LogP contribution < -0.4 is 25.0 Å². The number of benzene rings is 3. The molecule has 1 aliphatic rings. The van der Waals surface area contributed by atoms with Crippen molar-refractivity contribution in [2.45, 2.75) is 52.4 Å². The number of rotatable bonds is 16. The first-order chi connectivity index (χ1) is 24.8. The fourth-order valence-electron chi connectivity index (χ4n) is 5.93. The first kappa shape index (κ1) is 37.2. The predicted molar refractivity (Wildman–Crippen MR) is 196 cm³/mol. The van der Waals surface area contributed by atoms with Crippen LogP contribution in [-0.4, -0.2) is 73.4 Å². The first-order valence-electron chi connectivity index (χ1n) is 17.5. The summed E-state index contributed by atoms with van der Waals surface area (Å²) in [4.78, 5) is 39.0. The van der Waals surface area contributed by atoms with Crippen LogP contribution in [0.1, 0.15) is 48.8 Å². The molecule has 0 radical (unpaired) electrons. The lowest BCUT2D eigenvalue weighted by Gasteiger charge is -2.26. The van der Waals surface area contributed by atoms with Crippen molar-refractivity contribution in [3.63, 3.8) is 0 Å². The van der Waals surface area contributed by atoms with Crippen LogP contribution >= 0.6 is 0 Å². The maximum atomic E-state index is 15.1. The number of anilines is 4. The van der Waals surface area contributed by atoms with Gasteiger partial charge < -0.3 is 29.7 Å². The summed E-state index contributed by atoms with van der Waals surface area (Å²) in [6.07, 6.45) is 6.13. The number of methoxy groups -OCH3 is 1. The first-order valence-corrected chi connectivity index (χ1v) is 17.5. The second-order valence-corrected chi connectivity index (χ2v) is 12.5. The lowest BCUT2D eigenvalue weighted by atomic mass is 10.1. The van der Waals surface area contributed by atoms with E-state index in [-0.39, 0.29) is 29.8 Å². The van der Waals surface area contributed by atoms with Crippen molar-refractivity contribution in [1.82, 2.24) is 20.2 Å². The number of halogens is 1. The molecule has 270 valence electrons. The summed E-state index contributed by atoms with van der Waals surface area (Å²) in [6, 6.07) is 19.1. The number of aryl methyl sites for hydroxylation is 3. The summed E-state index contributed by atoms with van der Waals surface area (Å²) in [7, 11) is 1.58. The fourth-order valence-corrected chi connectivity index (χ4v) is 5.93. The van der Waals surface area contributed by atoms with E-state index in [1.807, 2.05) is 50.2 Å². The number of aromatic nitrogens is 2. The molecule has 3 aromatic carbocycles. The van der Waals surface area contributed by atoms with Crippen LogP contribution in [0.15, 0.2) is 72.9 Å². The Morgan fingerprint density at radius 1 is 0.961 bits per heavy atom. The number of amides is 2. The summed E-state index contributed by atoms with van der Waals surface area (Å²) < 4.78 is 31.8. The number of hydrogen-bond donors (Lipinski definition) is 2. The molecule has 0 spiro atoms. The number of para-hydroxylation sites is 1. The molecule has 51 heavy (non-hydrogen) atoms. The predicted octanol–water partition coefficient (Wildman–Crippen LogP) is 7.26. The standard InChI is InChI=1S/C39H47FN6O5/c1-28-10-7-11-29(2)37(28)51-39(48)46(32-13-8-12-30(26-32)14-17-36(47)41-20-25-49-3)35-18-19-42-38(44-35)43-31-15-16-34(33(40)27-31)50-24-9-23-45-21-5-4-6-22-45/h7-8,10-13,15-16,18-19,26-27H,4-6,9,14,17,20-25H2,1-3H3,(H,41,47)(H,42,43,44). The van der Waals surface area contributed by atoms with Gasteiger partial charge in [-0.05, 0) is 93.6 Å². The lowest BCUT2D eigenvalue weighted by molar-refractivity contribution is -0.121. The fraction of sp³-hybridized carbons (Fsp3) is 0.385. The number of nitrogens with one attached hydrogen (secondary N) is 2. The molecule has 0 saturated carbocycles. The summed E-state index contributed by atoms with van der Waals surface area (Å²) in [6.45, 7) is 8.22. The van der Waals surface area contributed by atoms with E-state index in [4.69, 9.17) is 14.2 Å². The SMILES string of the molecule is COCCNC(=O)CCc1cccc(N(C(=O)Oc2c(C)cccc2C)c2ccnc(Nc3ccc(OCCCN4CCCCC4)c(F)c3)n2)c1. The molecule has 5 rings (SSSR count). The van der Waals surface area contributed by atoms with Crippen molar-refractivity contribution in [3.05, 3.63) is 95.4 Å². The zero-order valence-electron chi connectivity index (χ0n) is 29.6. The second kappa shape index (κ2) is 18.8. The van der Waals surface area contributed by atoms with Gasteiger partial charge in [0, 0.05) is 50.6 Å². The zero-order chi connectivity index (χ0) is 36.0. The van der Waals surface area contributed by atoms with E-state index in [9.17, 15) is 9.59 Å². The molecule has 0 bridgehead atoms. The highest BCUT2D eigenvalue weighted by molar-refractivity contribution is 5.96. The third-order valence-electron chi connectivity index (χ3n) is 8.60. The topological polar surface area (TPSA) is 118 Å². The van der Waals surface area contributed by atoms with E-state index >= 15 is 4.39 Å². The molecule has 0 aliphatic carbocycles. The molecule has 0 unspecified atom stereocenters. The molecule has 1 aliphatic heterocycles. The Hall–Kier alpha value is -5.07. The molecule has 1 fully saturated rings. The third-order valence-corrected chi connectivity index (χ3v) is 8.60. The minimum atomic E-state index is -0.681. The van der Waals surface area contributed by atoms with Gasteiger partial charge in [0.15, 0.2) is 11.6 Å². The van der Waals surface area contributed by atoms with E-state index < -0.39 is 11.9 Å². The van der Waals surface area contributed by atoms with Gasteiger partial charge in [-0.15, -0.1) is 0 Å². The van der Waals surface area contributed by atoms with Gasteiger partial charge in [0.05, 0.1) is 18.9 Å². The van der Waals surface area contributed by atoms with Gasteiger partial charge in [0.1, 0.15) is 11.6 Å². The van der Waals surface area contributed by atoms with E-state index in [0.29, 0.717) is 43.3 Å². The lowest BCUT2D eigenvalue weighted by Crippen LogP contribution is -2.31. The van der Waals surface area contributed by atoms with Crippen LogP contribution in [0.4, 0.5) is 32.3 Å². The summed E-state index contributed by atoms with van der Waals surface area (Å²) >= 11 is 0. The quantitative estimate of drug-likeness (QED) is 0.117. The molecule has 12 heteroatoms. The average molecular weight is 699 g/mol. The molecule has 2 heterocycles. The Morgan fingerprint density at radius 2 is 1.75 bits per heavy atom. The normalized spacial score (nSPS) is 13.0. The van der Waals surface area contributed by atoms with Crippen molar-refractivity contribution in [2.24, 2.45) is 0 Å². The maximum absolute atomic E-state index is 15.1. The molecule has 11 nitrogen and oxygen atoms in total. The largest absolute Gasteiger partial charge is 0.490 e. The van der Waals surface area contributed by atoms with Gasteiger partial charge >= 0.3 is 6.09 Å². The Bertz CT molecular complexity index is 1750. The highest BCUT2D eigenvalue weighted by Gasteiger charge is 2.24. The molecule has 1 saturated heterocycles. The monoisotopic (exact) mass is 698 g/mol. The molecule has 1 aromatic heterocycles. The van der Waals surface area contributed by atoms with Gasteiger partial charge in [-0.25, -0.2) is 19.1 Å². The van der Waals surface area contributed by atoms with Crippen LogP contribution in [-0.2, 0) is 16.0 Å². The minimum Gasteiger partial charge on any atom is -0.490 e. The molecular weight excluding hydrogens is 651 g/mol. The molecular formula is C39H47FN6O5. The Labute approximate surface area is 299 Å².